The van der Waals surface area contributed by atoms with Gasteiger partial charge in [0.25, 0.3) is 0 Å². The Morgan fingerprint density at radius 3 is 2.79 bits per heavy atom. The first-order valence-corrected chi connectivity index (χ1v) is 7.74. The number of carboxylic acids is 1. The fraction of sp³-hybridized carbons (Fsp3) is 0.333. The first-order chi connectivity index (χ1) is 11.5. The molecular weight excluding hydrogens is 310 g/mol. The number of carbonyl (C=O) groups is 2. The van der Waals surface area contributed by atoms with Gasteiger partial charge in [-0.3, -0.25) is 4.79 Å². The Bertz CT molecular complexity index is 779. The molecule has 126 valence electrons. The number of furan rings is 1. The Morgan fingerprint density at radius 1 is 1.33 bits per heavy atom. The number of rotatable bonds is 4. The van der Waals surface area contributed by atoms with E-state index >= 15 is 0 Å². The molecule has 3 rings (SSSR count). The normalized spacial score (nSPS) is 16.2. The molecule has 1 aliphatic rings. The average molecular weight is 329 g/mol. The second kappa shape index (κ2) is 6.39. The van der Waals surface area contributed by atoms with Gasteiger partial charge in [-0.15, -0.1) is 0 Å². The average Bonchev–Trinajstić information content (AvgIpc) is 2.94. The minimum Gasteiger partial charge on any atom is -0.492 e. The van der Waals surface area contributed by atoms with Crippen LogP contribution in [0.4, 0.5) is 0 Å². The van der Waals surface area contributed by atoms with Crippen molar-refractivity contribution in [3.8, 4) is 5.75 Å². The summed E-state index contributed by atoms with van der Waals surface area (Å²) >= 11 is 0. The highest BCUT2D eigenvalue weighted by Crippen LogP contribution is 2.28. The van der Waals surface area contributed by atoms with Gasteiger partial charge in [-0.2, -0.15) is 0 Å². The van der Waals surface area contributed by atoms with E-state index in [1.807, 2.05) is 24.3 Å². The number of carboxylic acid groups (broad SMARTS) is 1. The summed E-state index contributed by atoms with van der Waals surface area (Å²) in [6.07, 6.45) is 0.636. The Hall–Kier alpha value is -2.76. The van der Waals surface area contributed by atoms with E-state index in [0.29, 0.717) is 24.5 Å². The number of para-hydroxylation sites is 1. The minimum absolute atomic E-state index is 0.0459. The molecule has 0 saturated heterocycles. The highest BCUT2D eigenvalue weighted by molar-refractivity contribution is 5.88. The van der Waals surface area contributed by atoms with Gasteiger partial charge < -0.3 is 19.2 Å². The second-order valence-electron chi connectivity index (χ2n) is 6.00. The minimum atomic E-state index is -1.03. The molecule has 0 spiro atoms. The fourth-order valence-electron chi connectivity index (χ4n) is 2.94. The highest BCUT2D eigenvalue weighted by atomic mass is 16.5. The van der Waals surface area contributed by atoms with E-state index in [0.717, 1.165) is 11.3 Å². The van der Waals surface area contributed by atoms with Crippen LogP contribution in [0.2, 0.25) is 0 Å². The van der Waals surface area contributed by atoms with Crippen molar-refractivity contribution in [1.82, 2.24) is 4.90 Å². The maximum atomic E-state index is 12.6. The van der Waals surface area contributed by atoms with E-state index in [4.69, 9.17) is 14.3 Å². The van der Waals surface area contributed by atoms with Gasteiger partial charge in [0.2, 0.25) is 5.91 Å². The van der Waals surface area contributed by atoms with Gasteiger partial charge in [-0.1, -0.05) is 18.2 Å². The third kappa shape index (κ3) is 3.13. The van der Waals surface area contributed by atoms with Crippen LogP contribution in [0.5, 0.6) is 5.75 Å². The van der Waals surface area contributed by atoms with Gasteiger partial charge >= 0.3 is 5.97 Å². The van der Waals surface area contributed by atoms with E-state index in [1.54, 1.807) is 18.9 Å². The van der Waals surface area contributed by atoms with Crippen LogP contribution in [0.15, 0.2) is 34.7 Å². The molecular formula is C18H19NO5. The molecule has 1 N–H and O–H groups in total. The predicted molar refractivity (Wildman–Crippen MR) is 86.0 cm³/mol. The van der Waals surface area contributed by atoms with Crippen LogP contribution in [0.3, 0.4) is 0 Å². The third-order valence-electron chi connectivity index (χ3n) is 4.20. The molecule has 0 saturated carbocycles. The van der Waals surface area contributed by atoms with Crippen LogP contribution in [0.25, 0.3) is 0 Å². The van der Waals surface area contributed by atoms with Gasteiger partial charge in [0.05, 0.1) is 12.5 Å². The Morgan fingerprint density at radius 2 is 2.08 bits per heavy atom. The molecule has 6 heteroatoms. The molecule has 1 aliphatic heterocycles. The first kappa shape index (κ1) is 16.1. The second-order valence-corrected chi connectivity index (χ2v) is 6.00. The van der Waals surface area contributed by atoms with Gasteiger partial charge in [-0.25, -0.2) is 4.79 Å². The number of hydrogen-bond acceptors (Lipinski definition) is 4. The Labute approximate surface area is 139 Å². The largest absolute Gasteiger partial charge is 0.492 e. The highest BCUT2D eigenvalue weighted by Gasteiger charge is 2.28. The fourth-order valence-corrected chi connectivity index (χ4v) is 2.94. The summed E-state index contributed by atoms with van der Waals surface area (Å²) in [4.78, 5) is 25.2. The quantitative estimate of drug-likeness (QED) is 0.932. The molecule has 1 unspecified atom stereocenters. The zero-order valence-corrected chi connectivity index (χ0v) is 13.6. The summed E-state index contributed by atoms with van der Waals surface area (Å²) in [6.45, 7) is 2.17. The van der Waals surface area contributed by atoms with Crippen molar-refractivity contribution >= 4 is 11.9 Å². The zero-order chi connectivity index (χ0) is 17.3. The van der Waals surface area contributed by atoms with Gasteiger partial charge in [0, 0.05) is 7.05 Å². The number of amides is 1. The number of aryl methyl sites for hydroxylation is 1. The van der Waals surface area contributed by atoms with Crippen LogP contribution >= 0.6 is 0 Å². The molecule has 0 fully saturated rings. The smallest absolute Gasteiger partial charge is 0.339 e. The van der Waals surface area contributed by atoms with Crippen molar-refractivity contribution in [2.45, 2.75) is 19.9 Å². The summed E-state index contributed by atoms with van der Waals surface area (Å²) in [5, 5.41) is 9.06. The predicted octanol–water partition coefficient (Wildman–Crippen LogP) is 2.50. The maximum Gasteiger partial charge on any atom is 0.339 e. The third-order valence-corrected chi connectivity index (χ3v) is 4.20. The Balaban J connectivity index is 1.67. The number of fused-ring (bicyclic) bond motifs is 1. The maximum absolute atomic E-state index is 12.6. The molecule has 1 atom stereocenters. The van der Waals surface area contributed by atoms with Crippen LogP contribution in [-0.4, -0.2) is 35.5 Å². The van der Waals surface area contributed by atoms with Crippen molar-refractivity contribution in [3.63, 3.8) is 0 Å². The van der Waals surface area contributed by atoms with Crippen LogP contribution in [0.1, 0.15) is 27.4 Å². The molecule has 24 heavy (non-hydrogen) atoms. The van der Waals surface area contributed by atoms with E-state index in [2.05, 4.69) is 0 Å². The van der Waals surface area contributed by atoms with Crippen molar-refractivity contribution in [2.75, 3.05) is 13.7 Å². The number of nitrogens with zero attached hydrogens (tertiary/aromatic N) is 1. The summed E-state index contributed by atoms with van der Waals surface area (Å²) in [5.74, 6) is 0.298. The SMILES string of the molecule is Cc1oc(CN(C)C(=O)C2COc3ccccc3C2)cc1C(=O)O. The van der Waals surface area contributed by atoms with Crippen LogP contribution < -0.4 is 4.74 Å². The molecule has 0 aliphatic carbocycles. The molecule has 2 aromatic rings. The zero-order valence-electron chi connectivity index (χ0n) is 13.6. The number of benzene rings is 1. The summed E-state index contributed by atoms with van der Waals surface area (Å²) in [6, 6.07) is 9.17. The van der Waals surface area contributed by atoms with Crippen molar-refractivity contribution < 1.29 is 23.8 Å². The topological polar surface area (TPSA) is 80.0 Å². The summed E-state index contributed by atoms with van der Waals surface area (Å²) in [5.41, 5.74) is 1.15. The molecule has 0 radical (unpaired) electrons. The van der Waals surface area contributed by atoms with E-state index in [1.165, 1.54) is 6.07 Å². The van der Waals surface area contributed by atoms with Gasteiger partial charge in [-0.05, 0) is 31.0 Å². The lowest BCUT2D eigenvalue weighted by Gasteiger charge is -2.27. The van der Waals surface area contributed by atoms with Crippen molar-refractivity contribution in [2.24, 2.45) is 5.92 Å². The monoisotopic (exact) mass is 329 g/mol. The van der Waals surface area contributed by atoms with Crippen LogP contribution in [0, 0.1) is 12.8 Å². The van der Waals surface area contributed by atoms with Gasteiger partial charge in [0.15, 0.2) is 0 Å². The molecule has 0 bridgehead atoms. The van der Waals surface area contributed by atoms with Crippen LogP contribution in [-0.2, 0) is 17.8 Å². The number of carbonyl (C=O) groups excluding carboxylic acids is 1. The number of aromatic carboxylic acids is 1. The first-order valence-electron chi connectivity index (χ1n) is 7.74. The molecule has 6 nitrogen and oxygen atoms in total. The standard InChI is InChI=1S/C18H19NO5/c1-11-15(18(21)22)8-14(24-11)9-19(2)17(20)13-7-12-5-3-4-6-16(12)23-10-13/h3-6,8,13H,7,9-10H2,1-2H3,(H,21,22). The lowest BCUT2D eigenvalue weighted by molar-refractivity contribution is -0.136. The molecule has 2 heterocycles. The summed E-state index contributed by atoms with van der Waals surface area (Å²) < 4.78 is 11.1. The molecule has 1 amide bonds. The van der Waals surface area contributed by atoms with Gasteiger partial charge in [0.1, 0.15) is 29.4 Å². The van der Waals surface area contributed by atoms with E-state index < -0.39 is 5.97 Å². The lowest BCUT2D eigenvalue weighted by Crippen LogP contribution is -2.38. The number of hydrogen-bond donors (Lipinski definition) is 1. The lowest BCUT2D eigenvalue weighted by atomic mass is 9.95. The molecule has 1 aromatic carbocycles. The Kier molecular flexibility index (Phi) is 4.29. The van der Waals surface area contributed by atoms with Crippen molar-refractivity contribution in [1.29, 1.82) is 0 Å². The van der Waals surface area contributed by atoms with Crippen molar-refractivity contribution in [3.05, 3.63) is 53.0 Å². The molecule has 1 aromatic heterocycles. The number of ether oxygens (including phenoxy) is 1. The van der Waals surface area contributed by atoms with E-state index in [9.17, 15) is 9.59 Å². The summed E-state index contributed by atoms with van der Waals surface area (Å²) in [7, 11) is 1.68. The van der Waals surface area contributed by atoms with E-state index in [-0.39, 0.29) is 23.9 Å².